The predicted molar refractivity (Wildman–Crippen MR) is 51.5 cm³/mol. The largest absolute Gasteiger partial charge is 0.511 e. The Morgan fingerprint density at radius 1 is 0.800 bits per heavy atom. The third-order valence-corrected chi connectivity index (χ3v) is 2.72. The van der Waals surface area contributed by atoms with E-state index in [1.165, 1.54) is 44.9 Å². The van der Waals surface area contributed by atoms with Gasteiger partial charge in [0.05, 0.1) is 0 Å². The monoisotopic (exact) mass is 247 g/mol. The Balaban J connectivity index is 0.000000262. The molecule has 1 aliphatic carbocycles. The zero-order chi connectivity index (χ0) is 11.9. The van der Waals surface area contributed by atoms with Gasteiger partial charge < -0.3 is 0 Å². The highest BCUT2D eigenvalue weighted by atomic mass is 32.2. The Labute approximate surface area is 87.9 Å². The van der Waals surface area contributed by atoms with Crippen molar-refractivity contribution in [2.75, 3.05) is 0 Å². The molecule has 7 heteroatoms. The number of halogens is 3. The minimum Gasteiger partial charge on any atom is -0.221 e. The van der Waals surface area contributed by atoms with E-state index in [1.807, 2.05) is 0 Å². The molecule has 1 aliphatic rings. The summed E-state index contributed by atoms with van der Waals surface area (Å²) in [7, 11) is -5.34. The van der Waals surface area contributed by atoms with Gasteiger partial charge >= 0.3 is 15.5 Å². The average molecular weight is 247 g/mol. The van der Waals surface area contributed by atoms with Crippen LogP contribution in [0.2, 0.25) is 0 Å². The van der Waals surface area contributed by atoms with Gasteiger partial charge in [-0.3, -0.25) is 0 Å². The van der Waals surface area contributed by atoms with Crippen molar-refractivity contribution >= 4 is 10.0 Å². The normalized spacial score (nSPS) is 18.7. The van der Waals surface area contributed by atoms with Crippen molar-refractivity contribution in [3.8, 4) is 0 Å². The molecule has 15 heavy (non-hydrogen) atoms. The van der Waals surface area contributed by atoms with Crippen LogP contribution in [0.5, 0.6) is 0 Å². The van der Waals surface area contributed by atoms with E-state index in [1.54, 1.807) is 0 Å². The smallest absolute Gasteiger partial charge is 0.221 e. The van der Waals surface area contributed by atoms with E-state index in [4.69, 9.17) is 0 Å². The van der Waals surface area contributed by atoms with Crippen molar-refractivity contribution in [1.82, 2.24) is 0 Å². The van der Waals surface area contributed by atoms with Gasteiger partial charge in [-0.2, -0.15) is 13.2 Å². The van der Waals surface area contributed by atoms with Crippen LogP contribution < -0.4 is 5.14 Å². The Morgan fingerprint density at radius 2 is 0.933 bits per heavy atom. The fourth-order valence-electron chi connectivity index (χ4n) is 1.24. The number of rotatable bonds is 0. The fourth-order valence-corrected chi connectivity index (χ4v) is 1.24. The molecule has 0 aromatic carbocycles. The number of hydrogen-bond acceptors (Lipinski definition) is 2. The third kappa shape index (κ3) is 7.61. The summed E-state index contributed by atoms with van der Waals surface area (Å²) in [6, 6.07) is 0. The Bertz CT molecular complexity index is 242. The molecule has 0 radical (unpaired) electrons. The molecule has 92 valence electrons. The molecule has 0 unspecified atom stereocenters. The summed E-state index contributed by atoms with van der Waals surface area (Å²) in [6.07, 6.45) is 10.5. The second-order valence-corrected chi connectivity index (χ2v) is 5.02. The SMILES string of the molecule is C1CCCCCC1.NS(=O)(=O)C(F)(F)F. The van der Waals surface area contributed by atoms with Crippen molar-refractivity contribution in [3.63, 3.8) is 0 Å². The Kier molecular flexibility index (Phi) is 6.19. The first-order valence-corrected chi connectivity index (χ1v) is 6.39. The molecule has 2 N–H and O–H groups in total. The van der Waals surface area contributed by atoms with E-state index in [2.05, 4.69) is 5.14 Å². The van der Waals surface area contributed by atoms with Crippen LogP contribution in [0, 0.1) is 0 Å². The van der Waals surface area contributed by atoms with Crippen LogP contribution in [0.1, 0.15) is 44.9 Å². The molecule has 1 fully saturated rings. The minimum atomic E-state index is -5.34. The summed E-state index contributed by atoms with van der Waals surface area (Å²) in [5, 5.41) is 3.66. The van der Waals surface area contributed by atoms with Gasteiger partial charge in [0.25, 0.3) is 0 Å². The van der Waals surface area contributed by atoms with E-state index in [0.717, 1.165) is 0 Å². The first kappa shape index (κ1) is 14.7. The molecule has 1 saturated carbocycles. The van der Waals surface area contributed by atoms with Crippen LogP contribution in [0.15, 0.2) is 0 Å². The van der Waals surface area contributed by atoms with Crippen molar-refractivity contribution in [1.29, 1.82) is 0 Å². The Morgan fingerprint density at radius 3 is 1.00 bits per heavy atom. The molecule has 0 aliphatic heterocycles. The van der Waals surface area contributed by atoms with E-state index < -0.39 is 15.5 Å². The third-order valence-electron chi connectivity index (χ3n) is 2.07. The summed E-state index contributed by atoms with van der Waals surface area (Å²) in [4.78, 5) is 0. The average Bonchev–Trinajstić information content (AvgIpc) is 2.30. The van der Waals surface area contributed by atoms with Crippen LogP contribution in [-0.4, -0.2) is 13.9 Å². The first-order valence-electron chi connectivity index (χ1n) is 4.84. The second kappa shape index (κ2) is 6.32. The summed E-state index contributed by atoms with van der Waals surface area (Å²) < 4.78 is 51.2. The van der Waals surface area contributed by atoms with Gasteiger partial charge in [-0.05, 0) is 0 Å². The quantitative estimate of drug-likeness (QED) is 0.669. The van der Waals surface area contributed by atoms with Gasteiger partial charge in [-0.1, -0.05) is 44.9 Å². The maximum Gasteiger partial charge on any atom is 0.511 e. The minimum absolute atomic E-state index is 1.50. The van der Waals surface area contributed by atoms with Crippen molar-refractivity contribution in [2.45, 2.75) is 50.5 Å². The lowest BCUT2D eigenvalue weighted by molar-refractivity contribution is -0.0436. The van der Waals surface area contributed by atoms with E-state index in [-0.39, 0.29) is 0 Å². The zero-order valence-corrected chi connectivity index (χ0v) is 9.20. The molecule has 0 aromatic rings. The van der Waals surface area contributed by atoms with E-state index in [0.29, 0.717) is 0 Å². The van der Waals surface area contributed by atoms with Crippen molar-refractivity contribution < 1.29 is 21.6 Å². The van der Waals surface area contributed by atoms with E-state index in [9.17, 15) is 21.6 Å². The van der Waals surface area contributed by atoms with Crippen LogP contribution in [0.25, 0.3) is 0 Å². The van der Waals surface area contributed by atoms with Gasteiger partial charge in [0.15, 0.2) is 0 Å². The molecule has 0 bridgehead atoms. The van der Waals surface area contributed by atoms with Crippen LogP contribution in [0.3, 0.4) is 0 Å². The standard InChI is InChI=1S/C7H14.CH2F3NO2S/c1-2-4-6-7-5-3-1;2-1(3,4)8(5,6)7/h1-7H2;(H2,5,6,7). The van der Waals surface area contributed by atoms with Gasteiger partial charge in [-0.25, -0.2) is 13.6 Å². The van der Waals surface area contributed by atoms with Gasteiger partial charge in [0, 0.05) is 0 Å². The maximum absolute atomic E-state index is 10.8. The predicted octanol–water partition coefficient (Wildman–Crippen LogP) is 2.53. The lowest BCUT2D eigenvalue weighted by Crippen LogP contribution is -2.30. The molecule has 0 spiro atoms. The van der Waals surface area contributed by atoms with Gasteiger partial charge in [-0.15, -0.1) is 0 Å². The van der Waals surface area contributed by atoms with Crippen LogP contribution in [0.4, 0.5) is 13.2 Å². The molecule has 0 amide bonds. The summed E-state index contributed by atoms with van der Waals surface area (Å²) in [5.74, 6) is 0. The molecule has 0 aromatic heterocycles. The summed E-state index contributed by atoms with van der Waals surface area (Å²) >= 11 is 0. The highest BCUT2D eigenvalue weighted by Gasteiger charge is 2.42. The number of primary sulfonamides is 1. The number of sulfonamides is 1. The highest BCUT2D eigenvalue weighted by molar-refractivity contribution is 7.90. The van der Waals surface area contributed by atoms with Crippen molar-refractivity contribution in [2.24, 2.45) is 5.14 Å². The lowest BCUT2D eigenvalue weighted by atomic mass is 10.2. The Hall–Kier alpha value is -0.300. The van der Waals surface area contributed by atoms with Crippen molar-refractivity contribution in [3.05, 3.63) is 0 Å². The molecule has 1 rings (SSSR count). The number of nitrogens with two attached hydrogens (primary N) is 1. The first-order chi connectivity index (χ1) is 6.75. The lowest BCUT2D eigenvalue weighted by Gasteiger charge is -1.98. The van der Waals surface area contributed by atoms with Gasteiger partial charge in [0.2, 0.25) is 0 Å². The number of alkyl halides is 3. The molecular formula is C8H16F3NO2S. The topological polar surface area (TPSA) is 60.2 Å². The zero-order valence-electron chi connectivity index (χ0n) is 8.39. The molecule has 0 heterocycles. The summed E-state index contributed by atoms with van der Waals surface area (Å²) in [5.41, 5.74) is -5.31. The molecule has 0 saturated heterocycles. The second-order valence-electron chi connectivity index (χ2n) is 3.47. The molecular weight excluding hydrogens is 231 g/mol. The van der Waals surface area contributed by atoms with Crippen LogP contribution in [-0.2, 0) is 10.0 Å². The van der Waals surface area contributed by atoms with Gasteiger partial charge in [0.1, 0.15) is 0 Å². The highest BCUT2D eigenvalue weighted by Crippen LogP contribution is 2.18. The maximum atomic E-state index is 10.8. The fraction of sp³-hybridized carbons (Fsp3) is 1.00. The van der Waals surface area contributed by atoms with Crippen LogP contribution >= 0.6 is 0 Å². The molecule has 0 atom stereocenters. The summed E-state index contributed by atoms with van der Waals surface area (Å²) in [6.45, 7) is 0. The number of hydrogen-bond donors (Lipinski definition) is 1. The molecule has 3 nitrogen and oxygen atoms in total. The van der Waals surface area contributed by atoms with E-state index >= 15 is 0 Å².